The number of hydrogen-bond donors (Lipinski definition) is 2. The van der Waals surface area contributed by atoms with Gasteiger partial charge in [-0.15, -0.1) is 0 Å². The van der Waals surface area contributed by atoms with Crippen LogP contribution in [0, 0.1) is 6.92 Å². The molecule has 0 aliphatic heterocycles. The van der Waals surface area contributed by atoms with Crippen molar-refractivity contribution in [2.45, 2.75) is 32.7 Å². The highest BCUT2D eigenvalue weighted by atomic mass is 16.1. The molecule has 0 radical (unpaired) electrons. The Labute approximate surface area is 97.0 Å². The minimum Gasteiger partial charge on any atom is -0.350 e. The molecule has 0 aliphatic rings. The number of rotatable bonds is 5. The van der Waals surface area contributed by atoms with Gasteiger partial charge in [0.05, 0.1) is 0 Å². The lowest BCUT2D eigenvalue weighted by Gasteiger charge is -2.14. The van der Waals surface area contributed by atoms with Gasteiger partial charge in [-0.25, -0.2) is 0 Å². The van der Waals surface area contributed by atoms with E-state index in [1.807, 2.05) is 38.1 Å². The van der Waals surface area contributed by atoms with Gasteiger partial charge in [-0.3, -0.25) is 4.79 Å². The van der Waals surface area contributed by atoms with Crippen LogP contribution in [0.25, 0.3) is 0 Å². The number of hydrogen-bond acceptors (Lipinski definition) is 2. The fraction of sp³-hybridized carbons (Fsp3) is 0.462. The van der Waals surface area contributed by atoms with Crippen LogP contribution in [0.15, 0.2) is 24.3 Å². The molecule has 88 valence electrons. The molecule has 16 heavy (non-hydrogen) atoms. The van der Waals surface area contributed by atoms with E-state index in [0.29, 0.717) is 6.54 Å². The van der Waals surface area contributed by atoms with Crippen molar-refractivity contribution >= 4 is 5.91 Å². The molecule has 0 saturated carbocycles. The predicted molar refractivity (Wildman–Crippen MR) is 66.4 cm³/mol. The van der Waals surface area contributed by atoms with Crippen molar-refractivity contribution in [2.75, 3.05) is 6.54 Å². The number of aryl methyl sites for hydroxylation is 1. The summed E-state index contributed by atoms with van der Waals surface area (Å²) >= 11 is 0. The SMILES string of the molecule is Cc1ccccc1C(=O)NC(C)CCCN. The summed E-state index contributed by atoms with van der Waals surface area (Å²) in [6, 6.07) is 7.78. The Balaban J connectivity index is 2.56. The Morgan fingerprint density at radius 3 is 2.75 bits per heavy atom. The molecule has 3 nitrogen and oxygen atoms in total. The van der Waals surface area contributed by atoms with E-state index in [9.17, 15) is 4.79 Å². The van der Waals surface area contributed by atoms with Gasteiger partial charge in [0, 0.05) is 11.6 Å². The first-order chi connectivity index (χ1) is 7.65. The molecule has 1 aromatic rings. The van der Waals surface area contributed by atoms with Crippen molar-refractivity contribution in [3.8, 4) is 0 Å². The Bertz CT molecular complexity index is 350. The largest absolute Gasteiger partial charge is 0.350 e. The molecule has 0 fully saturated rings. The molecule has 1 unspecified atom stereocenters. The van der Waals surface area contributed by atoms with E-state index in [0.717, 1.165) is 24.0 Å². The van der Waals surface area contributed by atoms with Crippen LogP contribution in [0.1, 0.15) is 35.7 Å². The molecule has 0 spiro atoms. The summed E-state index contributed by atoms with van der Waals surface area (Å²) in [5.41, 5.74) is 7.19. The lowest BCUT2D eigenvalue weighted by atomic mass is 10.1. The lowest BCUT2D eigenvalue weighted by molar-refractivity contribution is 0.0937. The number of nitrogens with one attached hydrogen (secondary N) is 1. The summed E-state index contributed by atoms with van der Waals surface area (Å²) in [6.07, 6.45) is 1.86. The van der Waals surface area contributed by atoms with Crippen LogP contribution >= 0.6 is 0 Å². The quantitative estimate of drug-likeness (QED) is 0.795. The minimum atomic E-state index is 0.00243. The second-order valence-corrected chi connectivity index (χ2v) is 4.12. The summed E-state index contributed by atoms with van der Waals surface area (Å²) < 4.78 is 0. The first-order valence-corrected chi connectivity index (χ1v) is 5.71. The fourth-order valence-corrected chi connectivity index (χ4v) is 1.63. The first-order valence-electron chi connectivity index (χ1n) is 5.71. The van der Waals surface area contributed by atoms with Crippen LogP contribution in [0.3, 0.4) is 0 Å². The van der Waals surface area contributed by atoms with Gasteiger partial charge in [-0.1, -0.05) is 18.2 Å². The molecular weight excluding hydrogens is 200 g/mol. The summed E-state index contributed by atoms with van der Waals surface area (Å²) in [4.78, 5) is 11.9. The highest BCUT2D eigenvalue weighted by Gasteiger charge is 2.10. The van der Waals surface area contributed by atoms with Gasteiger partial charge in [-0.2, -0.15) is 0 Å². The van der Waals surface area contributed by atoms with Crippen LogP contribution in [-0.2, 0) is 0 Å². The van der Waals surface area contributed by atoms with E-state index >= 15 is 0 Å². The summed E-state index contributed by atoms with van der Waals surface area (Å²) in [5.74, 6) is 0.00243. The molecule has 3 N–H and O–H groups in total. The smallest absolute Gasteiger partial charge is 0.251 e. The Morgan fingerprint density at radius 1 is 1.44 bits per heavy atom. The van der Waals surface area contributed by atoms with E-state index in [-0.39, 0.29) is 11.9 Å². The summed E-state index contributed by atoms with van der Waals surface area (Å²) in [5, 5.41) is 2.98. The van der Waals surface area contributed by atoms with Crippen LogP contribution < -0.4 is 11.1 Å². The normalized spacial score (nSPS) is 12.2. The third-order valence-electron chi connectivity index (χ3n) is 2.61. The second-order valence-electron chi connectivity index (χ2n) is 4.12. The molecule has 1 aromatic carbocycles. The average molecular weight is 220 g/mol. The van der Waals surface area contributed by atoms with Crippen molar-refractivity contribution in [1.29, 1.82) is 0 Å². The number of benzene rings is 1. The Morgan fingerprint density at radius 2 is 2.12 bits per heavy atom. The zero-order valence-corrected chi connectivity index (χ0v) is 9.99. The van der Waals surface area contributed by atoms with Crippen molar-refractivity contribution < 1.29 is 4.79 Å². The molecule has 0 heterocycles. The van der Waals surface area contributed by atoms with Crippen LogP contribution in [0.4, 0.5) is 0 Å². The van der Waals surface area contributed by atoms with Gasteiger partial charge in [-0.05, 0) is 44.9 Å². The molecule has 0 aliphatic carbocycles. The molecule has 1 rings (SSSR count). The van der Waals surface area contributed by atoms with E-state index in [2.05, 4.69) is 5.32 Å². The van der Waals surface area contributed by atoms with Crippen molar-refractivity contribution in [2.24, 2.45) is 5.73 Å². The molecule has 1 amide bonds. The first kappa shape index (κ1) is 12.7. The van der Waals surface area contributed by atoms with Crippen LogP contribution in [0.5, 0.6) is 0 Å². The van der Waals surface area contributed by atoms with Crippen LogP contribution in [0.2, 0.25) is 0 Å². The number of amides is 1. The highest BCUT2D eigenvalue weighted by molar-refractivity contribution is 5.95. The van der Waals surface area contributed by atoms with E-state index < -0.39 is 0 Å². The highest BCUT2D eigenvalue weighted by Crippen LogP contribution is 2.07. The summed E-state index contributed by atoms with van der Waals surface area (Å²) in [7, 11) is 0. The molecule has 0 aromatic heterocycles. The Kier molecular flexibility index (Phi) is 4.99. The number of nitrogens with two attached hydrogens (primary N) is 1. The maximum Gasteiger partial charge on any atom is 0.251 e. The molecule has 3 heteroatoms. The van der Waals surface area contributed by atoms with Gasteiger partial charge in [0.25, 0.3) is 5.91 Å². The predicted octanol–water partition coefficient (Wildman–Crippen LogP) is 1.85. The zero-order valence-electron chi connectivity index (χ0n) is 9.99. The van der Waals surface area contributed by atoms with Crippen molar-refractivity contribution in [1.82, 2.24) is 5.32 Å². The van der Waals surface area contributed by atoms with Crippen molar-refractivity contribution in [3.05, 3.63) is 35.4 Å². The van der Waals surface area contributed by atoms with E-state index in [1.165, 1.54) is 0 Å². The maximum absolute atomic E-state index is 11.9. The topological polar surface area (TPSA) is 55.1 Å². The monoisotopic (exact) mass is 220 g/mol. The van der Waals surface area contributed by atoms with Gasteiger partial charge in [0.1, 0.15) is 0 Å². The number of carbonyl (C=O) groups is 1. The lowest BCUT2D eigenvalue weighted by Crippen LogP contribution is -2.33. The fourth-order valence-electron chi connectivity index (χ4n) is 1.63. The van der Waals surface area contributed by atoms with Gasteiger partial charge >= 0.3 is 0 Å². The third-order valence-corrected chi connectivity index (χ3v) is 2.61. The molecular formula is C13H20N2O. The standard InChI is InChI=1S/C13H20N2O/c1-10-6-3-4-8-12(10)13(16)15-11(2)7-5-9-14/h3-4,6,8,11H,5,7,9,14H2,1-2H3,(H,15,16). The number of carbonyl (C=O) groups excluding carboxylic acids is 1. The molecule has 1 atom stereocenters. The van der Waals surface area contributed by atoms with Gasteiger partial charge in [0.15, 0.2) is 0 Å². The van der Waals surface area contributed by atoms with Crippen molar-refractivity contribution in [3.63, 3.8) is 0 Å². The average Bonchev–Trinajstić information content (AvgIpc) is 2.26. The third kappa shape index (κ3) is 3.66. The zero-order chi connectivity index (χ0) is 12.0. The Hall–Kier alpha value is -1.35. The minimum absolute atomic E-state index is 0.00243. The summed E-state index contributed by atoms with van der Waals surface area (Å²) in [6.45, 7) is 4.62. The van der Waals surface area contributed by atoms with E-state index in [1.54, 1.807) is 0 Å². The van der Waals surface area contributed by atoms with Gasteiger partial charge in [0.2, 0.25) is 0 Å². The maximum atomic E-state index is 11.9. The molecule has 0 bridgehead atoms. The second kappa shape index (κ2) is 6.28. The van der Waals surface area contributed by atoms with Crippen LogP contribution in [-0.4, -0.2) is 18.5 Å². The van der Waals surface area contributed by atoms with Gasteiger partial charge < -0.3 is 11.1 Å². The van der Waals surface area contributed by atoms with E-state index in [4.69, 9.17) is 5.73 Å². The molecule has 0 saturated heterocycles.